The molecule has 1 aromatic rings. The number of hydrogen-bond acceptors (Lipinski definition) is 5. The predicted molar refractivity (Wildman–Crippen MR) is 108 cm³/mol. The monoisotopic (exact) mass is 417 g/mol. The van der Waals surface area contributed by atoms with Crippen molar-refractivity contribution in [1.82, 2.24) is 10.2 Å². The van der Waals surface area contributed by atoms with E-state index in [1.807, 2.05) is 6.26 Å². The summed E-state index contributed by atoms with van der Waals surface area (Å²) < 4.78 is 14.1. The SMILES string of the molecule is CSCC[C@H]1N[C@@]2(C(=O)Nc3ccc(F)cc32)[C@H]2C(=O)N(C3CCCC3)C(=O)[C@H]12. The van der Waals surface area contributed by atoms with Crippen LogP contribution in [-0.4, -0.2) is 46.7 Å². The van der Waals surface area contributed by atoms with Crippen molar-refractivity contribution in [3.05, 3.63) is 29.6 Å². The molecule has 8 heteroatoms. The van der Waals surface area contributed by atoms with Gasteiger partial charge in [-0.15, -0.1) is 0 Å². The molecule has 1 spiro atoms. The Labute approximate surface area is 173 Å². The van der Waals surface area contributed by atoms with E-state index in [1.54, 1.807) is 11.8 Å². The molecule has 3 heterocycles. The molecular weight excluding hydrogens is 393 g/mol. The number of benzene rings is 1. The standard InChI is InChI=1S/C21H24FN3O3S/c1-29-9-8-15-16-17(19(27)25(18(16)26)12-4-2-3-5-12)21(24-15)13-10-11(22)6-7-14(13)23-20(21)28/h6-7,10,12,15-17,24H,2-5,8-9H2,1H3,(H,23,28)/t15-,16-,17-,21-/m1/s1. The van der Waals surface area contributed by atoms with Crippen LogP contribution in [0.4, 0.5) is 10.1 Å². The van der Waals surface area contributed by atoms with Crippen LogP contribution in [0.3, 0.4) is 0 Å². The minimum atomic E-state index is -1.38. The van der Waals surface area contributed by atoms with Crippen LogP contribution in [-0.2, 0) is 19.9 Å². The van der Waals surface area contributed by atoms with Crippen LogP contribution < -0.4 is 10.6 Å². The smallest absolute Gasteiger partial charge is 0.250 e. The lowest BCUT2D eigenvalue weighted by Crippen LogP contribution is -2.54. The second-order valence-electron chi connectivity index (χ2n) is 8.47. The molecule has 6 nitrogen and oxygen atoms in total. The van der Waals surface area contributed by atoms with E-state index in [9.17, 15) is 18.8 Å². The van der Waals surface area contributed by atoms with Gasteiger partial charge >= 0.3 is 0 Å². The van der Waals surface area contributed by atoms with Gasteiger partial charge < -0.3 is 5.32 Å². The number of carbonyl (C=O) groups is 3. The van der Waals surface area contributed by atoms with Gasteiger partial charge in [-0.2, -0.15) is 11.8 Å². The topological polar surface area (TPSA) is 78.5 Å². The normalized spacial score (nSPS) is 33.7. The summed E-state index contributed by atoms with van der Waals surface area (Å²) in [6.45, 7) is 0. The fourth-order valence-corrected chi connectivity index (χ4v) is 6.30. The lowest BCUT2D eigenvalue weighted by atomic mass is 9.76. The minimum Gasteiger partial charge on any atom is -0.324 e. The minimum absolute atomic E-state index is 0.0738. The Morgan fingerprint density at radius 2 is 1.97 bits per heavy atom. The van der Waals surface area contributed by atoms with Crippen LogP contribution >= 0.6 is 11.8 Å². The molecule has 2 saturated heterocycles. The van der Waals surface area contributed by atoms with Gasteiger partial charge in [-0.1, -0.05) is 12.8 Å². The molecule has 1 aliphatic carbocycles. The highest BCUT2D eigenvalue weighted by atomic mass is 32.2. The average molecular weight is 418 g/mol. The maximum absolute atomic E-state index is 14.1. The van der Waals surface area contributed by atoms with Crippen LogP contribution in [0.1, 0.15) is 37.7 Å². The summed E-state index contributed by atoms with van der Waals surface area (Å²) in [6, 6.07) is 3.77. The number of fused-ring (bicyclic) bond motifs is 4. The molecule has 154 valence electrons. The zero-order valence-electron chi connectivity index (χ0n) is 16.2. The number of hydrogen-bond donors (Lipinski definition) is 2. The van der Waals surface area contributed by atoms with E-state index in [0.717, 1.165) is 31.4 Å². The first-order chi connectivity index (χ1) is 14.0. The number of imide groups is 1. The summed E-state index contributed by atoms with van der Waals surface area (Å²) in [5.41, 5.74) is -0.433. The zero-order chi connectivity index (χ0) is 20.3. The van der Waals surface area contributed by atoms with E-state index >= 15 is 0 Å². The van der Waals surface area contributed by atoms with E-state index in [0.29, 0.717) is 17.7 Å². The second-order valence-corrected chi connectivity index (χ2v) is 9.46. The molecule has 3 aliphatic heterocycles. The van der Waals surface area contributed by atoms with Crippen molar-refractivity contribution in [1.29, 1.82) is 0 Å². The highest BCUT2D eigenvalue weighted by molar-refractivity contribution is 7.98. The van der Waals surface area contributed by atoms with Crippen LogP contribution in [0.25, 0.3) is 0 Å². The lowest BCUT2D eigenvalue weighted by Gasteiger charge is -2.31. The number of amides is 3. The number of nitrogens with zero attached hydrogens (tertiary/aromatic N) is 1. The molecule has 0 unspecified atom stereocenters. The van der Waals surface area contributed by atoms with Crippen molar-refractivity contribution in [2.45, 2.75) is 49.7 Å². The Morgan fingerprint density at radius 1 is 1.21 bits per heavy atom. The van der Waals surface area contributed by atoms with E-state index < -0.39 is 23.2 Å². The van der Waals surface area contributed by atoms with Crippen molar-refractivity contribution in [2.24, 2.45) is 11.8 Å². The predicted octanol–water partition coefficient (Wildman–Crippen LogP) is 2.24. The zero-order valence-corrected chi connectivity index (χ0v) is 17.1. The van der Waals surface area contributed by atoms with Gasteiger partial charge in [0.15, 0.2) is 0 Å². The molecule has 3 amide bonds. The van der Waals surface area contributed by atoms with Crippen LogP contribution in [0.15, 0.2) is 18.2 Å². The summed E-state index contributed by atoms with van der Waals surface area (Å²) in [7, 11) is 0. The number of nitrogens with one attached hydrogen (secondary N) is 2. The molecule has 3 fully saturated rings. The Balaban J connectivity index is 1.63. The molecule has 0 radical (unpaired) electrons. The van der Waals surface area contributed by atoms with Crippen molar-refractivity contribution in [3.63, 3.8) is 0 Å². The second kappa shape index (κ2) is 6.80. The van der Waals surface area contributed by atoms with E-state index in [-0.39, 0.29) is 29.8 Å². The van der Waals surface area contributed by atoms with Crippen LogP contribution in [0.2, 0.25) is 0 Å². The highest BCUT2D eigenvalue weighted by Gasteiger charge is 2.70. The van der Waals surface area contributed by atoms with Gasteiger partial charge in [-0.3, -0.25) is 24.6 Å². The fourth-order valence-electron chi connectivity index (χ4n) is 5.81. The third-order valence-corrected chi connectivity index (χ3v) is 7.68. The molecule has 0 aromatic heterocycles. The van der Waals surface area contributed by atoms with Crippen LogP contribution in [0, 0.1) is 17.7 Å². The summed E-state index contributed by atoms with van der Waals surface area (Å²) in [4.78, 5) is 41.7. The average Bonchev–Trinajstić information content (AvgIpc) is 3.43. The number of anilines is 1. The van der Waals surface area contributed by atoms with E-state index in [2.05, 4.69) is 10.6 Å². The molecule has 4 atom stereocenters. The number of thioether (sulfide) groups is 1. The Bertz CT molecular complexity index is 903. The van der Waals surface area contributed by atoms with Gasteiger partial charge in [-0.25, -0.2) is 4.39 Å². The summed E-state index contributed by atoms with van der Waals surface area (Å²) in [6.07, 6.45) is 6.31. The van der Waals surface area contributed by atoms with Gasteiger partial charge in [0.25, 0.3) is 0 Å². The first-order valence-electron chi connectivity index (χ1n) is 10.2. The summed E-state index contributed by atoms with van der Waals surface area (Å²) in [5.74, 6) is -1.89. The third-order valence-electron chi connectivity index (χ3n) is 7.03. The van der Waals surface area contributed by atoms with Gasteiger partial charge in [0, 0.05) is 23.3 Å². The number of halogens is 1. The van der Waals surface area contributed by atoms with Gasteiger partial charge in [0.05, 0.1) is 11.8 Å². The fraction of sp³-hybridized carbons (Fsp3) is 0.571. The Hall–Kier alpha value is -1.93. The van der Waals surface area contributed by atoms with Crippen molar-refractivity contribution in [2.75, 3.05) is 17.3 Å². The molecule has 1 saturated carbocycles. The van der Waals surface area contributed by atoms with Gasteiger partial charge in [0.2, 0.25) is 17.7 Å². The first kappa shape index (κ1) is 19.1. The largest absolute Gasteiger partial charge is 0.324 e. The highest BCUT2D eigenvalue weighted by Crippen LogP contribution is 2.54. The molecule has 29 heavy (non-hydrogen) atoms. The molecule has 5 rings (SSSR count). The number of likely N-dealkylation sites (tertiary alicyclic amines) is 1. The van der Waals surface area contributed by atoms with Crippen LogP contribution in [0.5, 0.6) is 0 Å². The third kappa shape index (κ3) is 2.54. The van der Waals surface area contributed by atoms with Crippen molar-refractivity contribution < 1.29 is 18.8 Å². The maximum atomic E-state index is 14.1. The van der Waals surface area contributed by atoms with E-state index in [4.69, 9.17) is 0 Å². The Kier molecular flexibility index (Phi) is 4.47. The summed E-state index contributed by atoms with van der Waals surface area (Å²) in [5, 5.41) is 6.16. The van der Waals surface area contributed by atoms with E-state index in [1.165, 1.54) is 23.1 Å². The Morgan fingerprint density at radius 3 is 2.69 bits per heavy atom. The number of rotatable bonds is 4. The first-order valence-corrected chi connectivity index (χ1v) is 11.6. The molecule has 2 N–H and O–H groups in total. The van der Waals surface area contributed by atoms with Crippen molar-refractivity contribution >= 4 is 35.2 Å². The van der Waals surface area contributed by atoms with Gasteiger partial charge in [0.1, 0.15) is 11.4 Å². The molecule has 1 aromatic carbocycles. The van der Waals surface area contributed by atoms with Gasteiger partial charge in [-0.05, 0) is 49.5 Å². The van der Waals surface area contributed by atoms with Crippen molar-refractivity contribution in [3.8, 4) is 0 Å². The number of carbonyl (C=O) groups excluding carboxylic acids is 3. The molecular formula is C21H24FN3O3S. The molecule has 4 aliphatic rings. The lowest BCUT2D eigenvalue weighted by molar-refractivity contribution is -0.145. The molecule has 0 bridgehead atoms. The maximum Gasteiger partial charge on any atom is 0.250 e. The summed E-state index contributed by atoms with van der Waals surface area (Å²) >= 11 is 1.66. The quantitative estimate of drug-likeness (QED) is 0.735.